The van der Waals surface area contributed by atoms with Gasteiger partial charge in [-0.1, -0.05) is 0 Å². The highest BCUT2D eigenvalue weighted by atomic mass is 19.2. The van der Waals surface area contributed by atoms with Gasteiger partial charge in [0.15, 0.2) is 29.1 Å². The molecule has 0 amide bonds. The molecule has 1 aromatic carbocycles. The zero-order valence-corrected chi connectivity index (χ0v) is 14.0. The second-order valence-electron chi connectivity index (χ2n) is 5.33. The number of hydrogen-bond donors (Lipinski definition) is 3. The lowest BCUT2D eigenvalue weighted by Crippen LogP contribution is -2.16. The molecule has 27 heavy (non-hydrogen) atoms. The second kappa shape index (κ2) is 7.85. The Bertz CT molecular complexity index is 926. The molecule has 3 N–H and O–H groups in total. The molecule has 0 atom stereocenters. The lowest BCUT2D eigenvalue weighted by molar-refractivity contribution is 0.459. The van der Waals surface area contributed by atoms with Crippen LogP contribution in [0.15, 0.2) is 36.7 Å². The van der Waals surface area contributed by atoms with Crippen LogP contribution in [-0.2, 0) is 0 Å². The Hall–Kier alpha value is -3.43. The van der Waals surface area contributed by atoms with Gasteiger partial charge in [-0.15, -0.1) is 0 Å². The Morgan fingerprint density at radius 3 is 2.33 bits per heavy atom. The van der Waals surface area contributed by atoms with E-state index in [-0.39, 0.29) is 17.8 Å². The molecule has 0 saturated carbocycles. The average Bonchev–Trinajstić information content (AvgIpc) is 2.67. The van der Waals surface area contributed by atoms with Gasteiger partial charge in [0, 0.05) is 36.6 Å². The predicted octanol–water partition coefficient (Wildman–Crippen LogP) is 3.97. The first-order valence-electron chi connectivity index (χ1n) is 7.88. The van der Waals surface area contributed by atoms with Gasteiger partial charge in [-0.05, 0) is 19.1 Å². The van der Waals surface area contributed by atoms with E-state index in [1.165, 1.54) is 6.07 Å². The maximum atomic E-state index is 13.8. The molecule has 0 aliphatic carbocycles. The fraction of sp³-hybridized carbons (Fsp3) is 0.118. The number of pyridine rings is 1. The molecule has 140 valence electrons. The van der Waals surface area contributed by atoms with E-state index < -0.39 is 29.0 Å². The first-order valence-corrected chi connectivity index (χ1v) is 7.88. The van der Waals surface area contributed by atoms with Gasteiger partial charge in [-0.25, -0.2) is 22.5 Å². The lowest BCUT2D eigenvalue weighted by Gasteiger charge is -2.13. The first-order chi connectivity index (χ1) is 13.0. The van der Waals surface area contributed by atoms with Crippen LogP contribution < -0.4 is 16.2 Å². The van der Waals surface area contributed by atoms with Crippen molar-refractivity contribution in [2.75, 3.05) is 22.7 Å². The third-order valence-corrected chi connectivity index (χ3v) is 3.45. The lowest BCUT2D eigenvalue weighted by atomic mass is 10.2. The van der Waals surface area contributed by atoms with Crippen molar-refractivity contribution in [3.63, 3.8) is 0 Å². The second-order valence-corrected chi connectivity index (χ2v) is 5.33. The molecule has 10 heteroatoms. The van der Waals surface area contributed by atoms with Gasteiger partial charge in [-0.2, -0.15) is 4.98 Å². The Balaban J connectivity index is 1.92. The summed E-state index contributed by atoms with van der Waals surface area (Å²) in [6.07, 6.45) is 3.18. The number of benzene rings is 1. The maximum Gasteiger partial charge on any atom is 0.225 e. The van der Waals surface area contributed by atoms with E-state index in [0.29, 0.717) is 17.8 Å². The third-order valence-electron chi connectivity index (χ3n) is 3.45. The quantitative estimate of drug-likeness (QED) is 0.342. The van der Waals surface area contributed by atoms with Crippen molar-refractivity contribution in [1.82, 2.24) is 15.0 Å². The van der Waals surface area contributed by atoms with Gasteiger partial charge in [0.25, 0.3) is 0 Å². The van der Waals surface area contributed by atoms with Crippen LogP contribution in [0.3, 0.4) is 0 Å². The maximum absolute atomic E-state index is 13.8. The van der Waals surface area contributed by atoms with Gasteiger partial charge in [0.05, 0.1) is 5.69 Å². The number of anilines is 3. The van der Waals surface area contributed by atoms with Crippen molar-refractivity contribution in [2.45, 2.75) is 6.92 Å². The molecular formula is C17H14F4N6. The molecule has 0 aliphatic rings. The van der Waals surface area contributed by atoms with Crippen molar-refractivity contribution < 1.29 is 17.6 Å². The van der Waals surface area contributed by atoms with Crippen molar-refractivity contribution in [2.24, 2.45) is 0 Å². The van der Waals surface area contributed by atoms with Crippen molar-refractivity contribution >= 4 is 17.5 Å². The number of aromatic nitrogens is 3. The summed E-state index contributed by atoms with van der Waals surface area (Å²) in [6.45, 7) is 2.37. The molecule has 3 rings (SSSR count). The zero-order valence-electron chi connectivity index (χ0n) is 14.0. The van der Waals surface area contributed by atoms with Crippen LogP contribution >= 0.6 is 0 Å². The summed E-state index contributed by atoms with van der Waals surface area (Å²) < 4.78 is 54.1. The fourth-order valence-electron chi connectivity index (χ4n) is 2.22. The molecule has 0 saturated heterocycles. The van der Waals surface area contributed by atoms with Crippen molar-refractivity contribution in [3.05, 3.63) is 59.9 Å². The van der Waals surface area contributed by atoms with Gasteiger partial charge >= 0.3 is 0 Å². The molecule has 0 fully saturated rings. The minimum Gasteiger partial charge on any atom is -0.354 e. The zero-order chi connectivity index (χ0) is 19.4. The minimum atomic E-state index is -1.56. The number of hydrazine groups is 1. The molecule has 2 heterocycles. The van der Waals surface area contributed by atoms with Crippen LogP contribution in [0.2, 0.25) is 0 Å². The Labute approximate surface area is 151 Å². The van der Waals surface area contributed by atoms with Crippen LogP contribution in [0, 0.1) is 23.3 Å². The summed E-state index contributed by atoms with van der Waals surface area (Å²) in [5.74, 6) is -5.81. The molecule has 0 aliphatic heterocycles. The fourth-order valence-corrected chi connectivity index (χ4v) is 2.22. The summed E-state index contributed by atoms with van der Waals surface area (Å²) in [4.78, 5) is 12.4. The van der Waals surface area contributed by atoms with Gasteiger partial charge in [0.1, 0.15) is 5.69 Å². The first kappa shape index (κ1) is 18.4. The van der Waals surface area contributed by atoms with Crippen molar-refractivity contribution in [1.29, 1.82) is 0 Å². The molecule has 0 bridgehead atoms. The Kier molecular flexibility index (Phi) is 5.34. The van der Waals surface area contributed by atoms with Crippen LogP contribution in [-0.4, -0.2) is 21.5 Å². The highest BCUT2D eigenvalue weighted by Crippen LogP contribution is 2.25. The van der Waals surface area contributed by atoms with Crippen molar-refractivity contribution in [3.8, 4) is 11.3 Å². The number of hydrogen-bond acceptors (Lipinski definition) is 6. The molecule has 6 nitrogen and oxygen atoms in total. The SMILES string of the molecule is CCNc1nc(NNc2c(F)c(F)cc(F)c2F)cc(-c2cccnc2)n1. The largest absolute Gasteiger partial charge is 0.354 e. The van der Waals surface area contributed by atoms with Crippen LogP contribution in [0.25, 0.3) is 11.3 Å². The highest BCUT2D eigenvalue weighted by molar-refractivity contribution is 5.64. The summed E-state index contributed by atoms with van der Waals surface area (Å²) >= 11 is 0. The van der Waals surface area contributed by atoms with Gasteiger partial charge in [-0.3, -0.25) is 15.8 Å². The van der Waals surface area contributed by atoms with E-state index in [1.807, 2.05) is 6.92 Å². The van der Waals surface area contributed by atoms with E-state index in [1.54, 1.807) is 24.5 Å². The van der Waals surface area contributed by atoms with Crippen LogP contribution in [0.5, 0.6) is 0 Å². The standard InChI is InChI=1S/C17H14F4N6/c1-2-23-17-24-12(9-4-3-5-22-8-9)7-13(25-17)26-27-16-14(20)10(18)6-11(19)15(16)21/h3-8,27H,2H2,1H3,(H2,23,24,25,26). The Morgan fingerprint density at radius 1 is 0.963 bits per heavy atom. The number of halogens is 4. The smallest absolute Gasteiger partial charge is 0.225 e. The monoisotopic (exact) mass is 378 g/mol. The van der Waals surface area contributed by atoms with E-state index in [2.05, 4.69) is 31.1 Å². The summed E-state index contributed by atoms with van der Waals surface area (Å²) in [6, 6.07) is 5.10. The molecule has 3 aromatic rings. The molecule has 0 radical (unpaired) electrons. The topological polar surface area (TPSA) is 74.8 Å². The predicted molar refractivity (Wildman–Crippen MR) is 92.9 cm³/mol. The van der Waals surface area contributed by atoms with Crippen LogP contribution in [0.1, 0.15) is 6.92 Å². The van der Waals surface area contributed by atoms with E-state index in [0.717, 1.165) is 0 Å². The normalized spacial score (nSPS) is 10.6. The van der Waals surface area contributed by atoms with E-state index in [9.17, 15) is 17.6 Å². The number of nitrogens with zero attached hydrogens (tertiary/aromatic N) is 3. The number of nitrogens with one attached hydrogen (secondary N) is 3. The molecule has 0 spiro atoms. The summed E-state index contributed by atoms with van der Waals surface area (Å²) in [5.41, 5.74) is 4.70. The summed E-state index contributed by atoms with van der Waals surface area (Å²) in [7, 11) is 0. The minimum absolute atomic E-state index is 0.114. The highest BCUT2D eigenvalue weighted by Gasteiger charge is 2.19. The average molecular weight is 378 g/mol. The van der Waals surface area contributed by atoms with E-state index >= 15 is 0 Å². The van der Waals surface area contributed by atoms with Gasteiger partial charge in [0.2, 0.25) is 5.95 Å². The molecule has 0 unspecified atom stereocenters. The van der Waals surface area contributed by atoms with Gasteiger partial charge < -0.3 is 5.32 Å². The summed E-state index contributed by atoms with van der Waals surface area (Å²) in [5, 5.41) is 2.92. The Morgan fingerprint density at radius 2 is 1.70 bits per heavy atom. The van der Waals surface area contributed by atoms with Crippen LogP contribution in [0.4, 0.5) is 35.0 Å². The van der Waals surface area contributed by atoms with E-state index in [4.69, 9.17) is 0 Å². The molecule has 2 aromatic heterocycles. The molecular weight excluding hydrogens is 364 g/mol. The number of rotatable bonds is 6. The third kappa shape index (κ3) is 4.05.